The average molecular weight is 163 g/mol. The van der Waals surface area contributed by atoms with E-state index in [-0.39, 0.29) is 0 Å². The highest BCUT2D eigenvalue weighted by Crippen LogP contribution is 1.88. The number of carboxylic acid groups (broad SMARTS) is 1. The van der Waals surface area contributed by atoms with E-state index in [1.165, 1.54) is 6.42 Å². The van der Waals surface area contributed by atoms with Gasteiger partial charge in [-0.05, 0) is 25.9 Å². The Kier molecular flexibility index (Phi) is 13.9. The van der Waals surface area contributed by atoms with Crippen LogP contribution in [0.4, 0.5) is 4.79 Å². The van der Waals surface area contributed by atoms with Crippen molar-refractivity contribution in [2.24, 2.45) is 17.2 Å². The Morgan fingerprint density at radius 1 is 1.09 bits per heavy atom. The summed E-state index contributed by atoms with van der Waals surface area (Å²) in [7, 11) is 0. The first-order valence-corrected chi connectivity index (χ1v) is 3.53. The zero-order valence-corrected chi connectivity index (χ0v) is 6.62. The van der Waals surface area contributed by atoms with Gasteiger partial charge in [0, 0.05) is 0 Å². The standard InChI is InChI=1S/C5H14N2.CH3NO2/c6-4-2-1-3-5-7;2-1(3)4/h1-7H2;2H2,(H,3,4). The van der Waals surface area contributed by atoms with Gasteiger partial charge >= 0.3 is 6.09 Å². The van der Waals surface area contributed by atoms with Crippen LogP contribution in [-0.4, -0.2) is 24.3 Å². The molecule has 0 atom stereocenters. The van der Waals surface area contributed by atoms with Crippen molar-refractivity contribution < 1.29 is 9.90 Å². The molecule has 0 radical (unpaired) electrons. The number of unbranched alkanes of at least 4 members (excludes halogenated alkanes) is 2. The van der Waals surface area contributed by atoms with E-state index in [1.54, 1.807) is 0 Å². The van der Waals surface area contributed by atoms with Crippen LogP contribution in [0, 0.1) is 0 Å². The van der Waals surface area contributed by atoms with Gasteiger partial charge in [-0.2, -0.15) is 0 Å². The van der Waals surface area contributed by atoms with Gasteiger partial charge in [-0.1, -0.05) is 6.42 Å². The summed E-state index contributed by atoms with van der Waals surface area (Å²) in [5.41, 5.74) is 14.5. The average Bonchev–Trinajstić information content (AvgIpc) is 1.88. The normalized spacial score (nSPS) is 8.18. The third kappa shape index (κ3) is 46.7. The first-order chi connectivity index (χ1) is 5.15. The number of primary amides is 1. The van der Waals surface area contributed by atoms with Gasteiger partial charge in [0.1, 0.15) is 0 Å². The van der Waals surface area contributed by atoms with Crippen molar-refractivity contribution in [2.45, 2.75) is 19.3 Å². The fourth-order valence-corrected chi connectivity index (χ4v) is 0.465. The van der Waals surface area contributed by atoms with Gasteiger partial charge in [0.15, 0.2) is 0 Å². The summed E-state index contributed by atoms with van der Waals surface area (Å²) in [6.45, 7) is 1.61. The Labute approximate surface area is 66.5 Å². The van der Waals surface area contributed by atoms with Crippen LogP contribution in [-0.2, 0) is 0 Å². The highest BCUT2D eigenvalue weighted by atomic mass is 16.4. The highest BCUT2D eigenvalue weighted by Gasteiger charge is 1.80. The number of hydrogen-bond acceptors (Lipinski definition) is 3. The Balaban J connectivity index is 0. The molecule has 0 fully saturated rings. The predicted molar refractivity (Wildman–Crippen MR) is 44.2 cm³/mol. The highest BCUT2D eigenvalue weighted by molar-refractivity contribution is 5.61. The van der Waals surface area contributed by atoms with Crippen molar-refractivity contribution in [3.63, 3.8) is 0 Å². The Morgan fingerprint density at radius 2 is 1.36 bits per heavy atom. The second-order valence-corrected chi connectivity index (χ2v) is 1.98. The lowest BCUT2D eigenvalue weighted by Gasteiger charge is -1.91. The van der Waals surface area contributed by atoms with E-state index in [4.69, 9.17) is 21.4 Å². The first kappa shape index (κ1) is 12.8. The third-order valence-electron chi connectivity index (χ3n) is 0.908. The predicted octanol–water partition coefficient (Wildman–Crippen LogP) is -0.303. The smallest absolute Gasteiger partial charge is 0.402 e. The Morgan fingerprint density at radius 3 is 1.55 bits per heavy atom. The molecular weight excluding hydrogens is 146 g/mol. The van der Waals surface area contributed by atoms with Crippen molar-refractivity contribution in [3.8, 4) is 0 Å². The maximum Gasteiger partial charge on any atom is 0.402 e. The molecule has 11 heavy (non-hydrogen) atoms. The number of amides is 1. The maximum atomic E-state index is 8.78. The third-order valence-corrected chi connectivity index (χ3v) is 0.908. The largest absolute Gasteiger partial charge is 0.465 e. The fourth-order valence-electron chi connectivity index (χ4n) is 0.465. The zero-order valence-electron chi connectivity index (χ0n) is 6.62. The maximum absolute atomic E-state index is 8.78. The van der Waals surface area contributed by atoms with E-state index < -0.39 is 6.09 Å². The molecular formula is C6H17N3O2. The summed E-state index contributed by atoms with van der Waals surface area (Å²) in [5.74, 6) is 0. The summed E-state index contributed by atoms with van der Waals surface area (Å²) in [6, 6.07) is 0. The molecule has 7 N–H and O–H groups in total. The lowest BCUT2D eigenvalue weighted by Crippen LogP contribution is -2.03. The van der Waals surface area contributed by atoms with E-state index >= 15 is 0 Å². The molecule has 0 spiro atoms. The summed E-state index contributed by atoms with van der Waals surface area (Å²) < 4.78 is 0. The van der Waals surface area contributed by atoms with Crippen molar-refractivity contribution in [1.29, 1.82) is 0 Å². The van der Waals surface area contributed by atoms with Gasteiger partial charge in [-0.25, -0.2) is 4.79 Å². The van der Waals surface area contributed by atoms with Crippen LogP contribution in [0.5, 0.6) is 0 Å². The topological polar surface area (TPSA) is 115 Å². The monoisotopic (exact) mass is 163 g/mol. The molecule has 0 heterocycles. The fraction of sp³-hybridized carbons (Fsp3) is 0.833. The molecule has 0 aromatic rings. The molecule has 68 valence electrons. The van der Waals surface area contributed by atoms with E-state index in [2.05, 4.69) is 5.73 Å². The summed E-state index contributed by atoms with van der Waals surface area (Å²) in [4.78, 5) is 8.78. The number of carbonyl (C=O) groups is 1. The molecule has 0 bridgehead atoms. The molecule has 0 rings (SSSR count). The van der Waals surface area contributed by atoms with Crippen LogP contribution in [0.3, 0.4) is 0 Å². The molecule has 1 amide bonds. The second-order valence-electron chi connectivity index (χ2n) is 1.98. The summed E-state index contributed by atoms with van der Waals surface area (Å²) in [5, 5.41) is 7.19. The molecule has 0 aliphatic heterocycles. The van der Waals surface area contributed by atoms with Crippen molar-refractivity contribution >= 4 is 6.09 Å². The SMILES string of the molecule is NC(=O)O.NCCCCCN. The van der Waals surface area contributed by atoms with Crippen LogP contribution in [0.15, 0.2) is 0 Å². The molecule has 0 aliphatic carbocycles. The van der Waals surface area contributed by atoms with E-state index in [1.807, 2.05) is 0 Å². The number of rotatable bonds is 4. The lowest BCUT2D eigenvalue weighted by atomic mass is 10.2. The van der Waals surface area contributed by atoms with Gasteiger partial charge in [0.2, 0.25) is 0 Å². The van der Waals surface area contributed by atoms with Crippen LogP contribution in [0.2, 0.25) is 0 Å². The Bertz CT molecular complexity index is 79.9. The molecule has 0 saturated heterocycles. The van der Waals surface area contributed by atoms with Crippen molar-refractivity contribution in [1.82, 2.24) is 0 Å². The van der Waals surface area contributed by atoms with Crippen LogP contribution in [0.25, 0.3) is 0 Å². The van der Waals surface area contributed by atoms with Gasteiger partial charge in [-0.3, -0.25) is 0 Å². The molecule has 0 aromatic carbocycles. The van der Waals surface area contributed by atoms with E-state index in [0.717, 1.165) is 25.9 Å². The molecule has 0 unspecified atom stereocenters. The Hall–Kier alpha value is -0.810. The van der Waals surface area contributed by atoms with Crippen LogP contribution in [0.1, 0.15) is 19.3 Å². The molecule has 0 aromatic heterocycles. The lowest BCUT2D eigenvalue weighted by molar-refractivity contribution is 0.205. The van der Waals surface area contributed by atoms with Gasteiger partial charge in [0.25, 0.3) is 0 Å². The zero-order chi connectivity index (χ0) is 9.11. The van der Waals surface area contributed by atoms with Crippen molar-refractivity contribution in [2.75, 3.05) is 13.1 Å². The van der Waals surface area contributed by atoms with Gasteiger partial charge in [-0.15, -0.1) is 0 Å². The second kappa shape index (κ2) is 11.9. The number of hydrogen-bond donors (Lipinski definition) is 4. The quantitative estimate of drug-likeness (QED) is 0.426. The van der Waals surface area contributed by atoms with Crippen molar-refractivity contribution in [3.05, 3.63) is 0 Å². The van der Waals surface area contributed by atoms with Gasteiger partial charge < -0.3 is 22.3 Å². The minimum Gasteiger partial charge on any atom is -0.465 e. The van der Waals surface area contributed by atoms with Crippen LogP contribution < -0.4 is 17.2 Å². The molecule has 5 nitrogen and oxygen atoms in total. The number of nitrogens with two attached hydrogens (primary N) is 3. The first-order valence-electron chi connectivity index (χ1n) is 3.53. The minimum absolute atomic E-state index is 0.806. The molecule has 5 heteroatoms. The van der Waals surface area contributed by atoms with E-state index in [9.17, 15) is 0 Å². The molecule has 0 aliphatic rings. The van der Waals surface area contributed by atoms with Gasteiger partial charge in [0.05, 0.1) is 0 Å². The van der Waals surface area contributed by atoms with E-state index in [0.29, 0.717) is 0 Å². The summed E-state index contributed by atoms with van der Waals surface area (Å²) >= 11 is 0. The minimum atomic E-state index is -1.33. The molecule has 0 saturated carbocycles. The summed E-state index contributed by atoms with van der Waals surface area (Å²) in [6.07, 6.45) is 2.10. The van der Waals surface area contributed by atoms with Crippen LogP contribution >= 0.6 is 0 Å².